The van der Waals surface area contributed by atoms with Gasteiger partial charge in [0.25, 0.3) is 0 Å². The summed E-state index contributed by atoms with van der Waals surface area (Å²) in [6.07, 6.45) is 0.445. The molecule has 2 unspecified atom stereocenters. The number of benzene rings is 1. The molecule has 0 saturated carbocycles. The van der Waals surface area contributed by atoms with Crippen molar-refractivity contribution < 1.29 is 24.2 Å². The van der Waals surface area contributed by atoms with Gasteiger partial charge in [0.05, 0.1) is 10.0 Å². The van der Waals surface area contributed by atoms with Crippen LogP contribution in [-0.4, -0.2) is 40.7 Å². The molecule has 0 aliphatic rings. The zero-order valence-corrected chi connectivity index (χ0v) is 15.7. The van der Waals surface area contributed by atoms with Gasteiger partial charge in [0, 0.05) is 24.9 Å². The van der Waals surface area contributed by atoms with Crippen molar-refractivity contribution in [1.82, 2.24) is 0 Å². The summed E-state index contributed by atoms with van der Waals surface area (Å²) >= 11 is 11.5. The molecule has 0 aliphatic heterocycles. The van der Waals surface area contributed by atoms with Crippen LogP contribution in [0.1, 0.15) is 19.8 Å². The highest BCUT2D eigenvalue weighted by Crippen LogP contribution is 2.35. The number of rotatable bonds is 6. The van der Waals surface area contributed by atoms with E-state index in [1.54, 1.807) is 25.1 Å². The molecule has 0 bridgehead atoms. The Kier molecular flexibility index (Phi) is 10.2. The lowest BCUT2D eigenvalue weighted by molar-refractivity contribution is -0.138. The number of aliphatic carboxylic acids is 1. The van der Waals surface area contributed by atoms with Gasteiger partial charge >= 0.3 is 5.97 Å². The van der Waals surface area contributed by atoms with Crippen LogP contribution in [0.3, 0.4) is 0 Å². The van der Waals surface area contributed by atoms with E-state index in [9.17, 15) is 14.2 Å². The van der Waals surface area contributed by atoms with Crippen LogP contribution in [0.25, 0.3) is 0 Å². The lowest BCUT2D eigenvalue weighted by atomic mass is 10.2. The molecule has 0 saturated heterocycles. The summed E-state index contributed by atoms with van der Waals surface area (Å²) in [5.74, 6) is -1.18. The van der Waals surface area contributed by atoms with Crippen molar-refractivity contribution in [3.8, 4) is 0 Å². The molecular formula is C14H21Cl2N2O5P. The smallest absolute Gasteiger partial charge is 0.320 e. The second-order valence-corrected chi connectivity index (χ2v) is 8.40. The monoisotopic (exact) mass is 398 g/mol. The van der Waals surface area contributed by atoms with Crippen LogP contribution in [-0.2, 0) is 14.2 Å². The normalized spacial score (nSPS) is 13.9. The second kappa shape index (κ2) is 10.7. The maximum Gasteiger partial charge on any atom is 0.320 e. The molecule has 7 nitrogen and oxygen atoms in total. The van der Waals surface area contributed by atoms with Gasteiger partial charge in [-0.3, -0.25) is 14.2 Å². The third-order valence-electron chi connectivity index (χ3n) is 2.70. The van der Waals surface area contributed by atoms with Crippen molar-refractivity contribution in [3.63, 3.8) is 0 Å². The van der Waals surface area contributed by atoms with Crippen molar-refractivity contribution in [3.05, 3.63) is 28.2 Å². The summed E-state index contributed by atoms with van der Waals surface area (Å²) in [7, 11) is -3.10. The van der Waals surface area contributed by atoms with Crippen LogP contribution in [0.5, 0.6) is 0 Å². The Morgan fingerprint density at radius 2 is 1.92 bits per heavy atom. The van der Waals surface area contributed by atoms with E-state index < -0.39 is 19.4 Å². The van der Waals surface area contributed by atoms with E-state index >= 15 is 0 Å². The number of nitrogens with one attached hydrogen (secondary N) is 1. The number of nitrogens with two attached hydrogens (primary N) is 1. The largest absolute Gasteiger partial charge is 0.480 e. The first kappa shape index (κ1) is 22.9. The third kappa shape index (κ3) is 10.6. The quantitative estimate of drug-likeness (QED) is 0.544. The summed E-state index contributed by atoms with van der Waals surface area (Å²) in [5, 5.41) is 11.9. The number of hydrogen-bond acceptors (Lipinski definition) is 4. The van der Waals surface area contributed by atoms with Gasteiger partial charge in [-0.05, 0) is 24.6 Å². The Balaban J connectivity index is 0.000000449. The molecular weight excluding hydrogens is 378 g/mol. The topological polar surface area (TPSA) is 130 Å². The number of halogens is 2. The Bertz CT molecular complexity index is 621. The molecule has 1 aromatic carbocycles. The first-order valence-corrected chi connectivity index (χ1v) is 10.0. The van der Waals surface area contributed by atoms with Gasteiger partial charge in [0.1, 0.15) is 6.04 Å². The lowest BCUT2D eigenvalue weighted by Gasteiger charge is -2.07. The number of hydrogen-bond donors (Lipinski definition) is 4. The minimum atomic E-state index is -3.10. The standard InChI is InChI=1S/C9H9Cl2NO.C5H12NO4P/c1-2-9(13)12-6-3-4-7(10)8(11)5-6;1-11(9,10)3-2-4(6)5(7)8/h3-5H,2H2,1H3,(H,12,13);4H,2-3,6H2,1H3,(H,7,8)(H,9,10). The van der Waals surface area contributed by atoms with Crippen molar-refractivity contribution in [2.45, 2.75) is 25.8 Å². The average Bonchev–Trinajstić information content (AvgIpc) is 2.48. The van der Waals surface area contributed by atoms with E-state index in [2.05, 4.69) is 5.32 Å². The van der Waals surface area contributed by atoms with Gasteiger partial charge in [0.2, 0.25) is 5.91 Å². The van der Waals surface area contributed by atoms with Gasteiger partial charge in [-0.25, -0.2) is 0 Å². The summed E-state index contributed by atoms with van der Waals surface area (Å²) in [4.78, 5) is 29.9. The fourth-order valence-electron chi connectivity index (χ4n) is 1.33. The average molecular weight is 399 g/mol. The summed E-state index contributed by atoms with van der Waals surface area (Å²) in [6, 6.07) is 3.95. The third-order valence-corrected chi connectivity index (χ3v) is 4.52. The SMILES string of the molecule is CCC(=O)Nc1ccc(Cl)c(Cl)c1.CP(=O)(O)CCC(N)C(=O)O. The van der Waals surface area contributed by atoms with Gasteiger partial charge in [-0.1, -0.05) is 30.1 Å². The predicted molar refractivity (Wildman–Crippen MR) is 96.2 cm³/mol. The molecule has 0 fully saturated rings. The first-order valence-electron chi connectivity index (χ1n) is 6.98. The highest BCUT2D eigenvalue weighted by atomic mass is 35.5. The van der Waals surface area contributed by atoms with Crippen molar-refractivity contribution >= 4 is 48.1 Å². The van der Waals surface area contributed by atoms with E-state index in [-0.39, 0.29) is 18.5 Å². The van der Waals surface area contributed by atoms with Gasteiger partial charge in [0.15, 0.2) is 7.37 Å². The maximum atomic E-state index is 11.0. The molecule has 5 N–H and O–H groups in total. The second-order valence-electron chi connectivity index (χ2n) is 5.04. The number of carbonyl (C=O) groups excluding carboxylic acids is 1. The highest BCUT2D eigenvalue weighted by molar-refractivity contribution is 7.57. The summed E-state index contributed by atoms with van der Waals surface area (Å²) < 4.78 is 10.6. The van der Waals surface area contributed by atoms with Gasteiger partial charge in [-0.2, -0.15) is 0 Å². The molecule has 24 heavy (non-hydrogen) atoms. The molecule has 1 aromatic rings. The van der Waals surface area contributed by atoms with Gasteiger partial charge < -0.3 is 21.1 Å². The first-order chi connectivity index (χ1) is 11.0. The number of amides is 1. The van der Waals surface area contributed by atoms with E-state index in [1.165, 1.54) is 6.66 Å². The molecule has 10 heteroatoms. The Hall–Kier alpha value is -1.11. The minimum absolute atomic E-state index is 0.0412. The van der Waals surface area contributed by atoms with Crippen LogP contribution in [0, 0.1) is 0 Å². The molecule has 0 aliphatic carbocycles. The molecule has 0 heterocycles. The van der Waals surface area contributed by atoms with Crippen LogP contribution in [0.15, 0.2) is 18.2 Å². The summed E-state index contributed by atoms with van der Waals surface area (Å²) in [5.41, 5.74) is 5.76. The fourth-order valence-corrected chi connectivity index (χ4v) is 2.38. The zero-order chi connectivity index (χ0) is 18.9. The van der Waals surface area contributed by atoms with Crippen LogP contribution < -0.4 is 11.1 Å². The molecule has 0 aromatic heterocycles. The van der Waals surface area contributed by atoms with Crippen molar-refractivity contribution in [1.29, 1.82) is 0 Å². The number of carboxylic acid groups (broad SMARTS) is 1. The number of carboxylic acids is 1. The van der Waals surface area contributed by atoms with E-state index in [4.69, 9.17) is 38.9 Å². The Labute approximate surface area is 150 Å². The van der Waals surface area contributed by atoms with E-state index in [0.29, 0.717) is 22.2 Å². The Morgan fingerprint density at radius 1 is 1.33 bits per heavy atom. The fraction of sp³-hybridized carbons (Fsp3) is 0.429. The predicted octanol–water partition coefficient (Wildman–Crippen LogP) is 3.03. The number of anilines is 1. The molecule has 1 amide bonds. The van der Waals surface area contributed by atoms with Crippen LogP contribution >= 0.6 is 30.6 Å². The highest BCUT2D eigenvalue weighted by Gasteiger charge is 2.16. The van der Waals surface area contributed by atoms with E-state index in [0.717, 1.165) is 0 Å². The molecule has 0 radical (unpaired) electrons. The minimum Gasteiger partial charge on any atom is -0.480 e. The number of carbonyl (C=O) groups is 2. The molecule has 1 rings (SSSR count). The zero-order valence-electron chi connectivity index (χ0n) is 13.3. The summed E-state index contributed by atoms with van der Waals surface area (Å²) in [6.45, 7) is 2.97. The van der Waals surface area contributed by atoms with Crippen LogP contribution in [0.2, 0.25) is 10.0 Å². The van der Waals surface area contributed by atoms with E-state index in [1.807, 2.05) is 0 Å². The van der Waals surface area contributed by atoms with Crippen LogP contribution in [0.4, 0.5) is 5.69 Å². The van der Waals surface area contributed by atoms with Crippen molar-refractivity contribution in [2.75, 3.05) is 18.1 Å². The van der Waals surface area contributed by atoms with Gasteiger partial charge in [-0.15, -0.1) is 0 Å². The lowest BCUT2D eigenvalue weighted by Crippen LogP contribution is -2.30. The molecule has 136 valence electrons. The van der Waals surface area contributed by atoms with Crippen molar-refractivity contribution in [2.24, 2.45) is 5.73 Å². The molecule has 0 spiro atoms. The maximum absolute atomic E-state index is 11.0. The Morgan fingerprint density at radius 3 is 2.33 bits per heavy atom. The molecule has 2 atom stereocenters.